The van der Waals surface area contributed by atoms with Crippen molar-refractivity contribution in [1.82, 2.24) is 10.2 Å². The first kappa shape index (κ1) is 15.5. The monoisotopic (exact) mass is 300 g/mol. The van der Waals surface area contributed by atoms with Gasteiger partial charge in [-0.25, -0.2) is 0 Å². The average Bonchev–Trinajstić information content (AvgIpc) is 3.08. The van der Waals surface area contributed by atoms with Crippen molar-refractivity contribution in [2.75, 3.05) is 14.1 Å². The second kappa shape index (κ2) is 6.82. The summed E-state index contributed by atoms with van der Waals surface area (Å²) in [5.41, 5.74) is 2.53. The molecule has 1 N–H and O–H groups in total. The highest BCUT2D eigenvalue weighted by molar-refractivity contribution is 5.76. The first-order valence-corrected chi connectivity index (χ1v) is 8.60. The van der Waals surface area contributed by atoms with Gasteiger partial charge in [0.25, 0.3) is 0 Å². The van der Waals surface area contributed by atoms with E-state index in [0.717, 1.165) is 24.8 Å². The number of nitrogens with zero attached hydrogens (tertiary/aromatic N) is 1. The van der Waals surface area contributed by atoms with Gasteiger partial charge in [-0.3, -0.25) is 4.79 Å². The van der Waals surface area contributed by atoms with Crippen molar-refractivity contribution in [2.24, 2.45) is 17.8 Å². The van der Waals surface area contributed by atoms with Crippen molar-refractivity contribution in [3.05, 3.63) is 35.4 Å². The second-order valence-corrected chi connectivity index (χ2v) is 7.42. The molecule has 0 saturated heterocycles. The Hall–Kier alpha value is -1.35. The number of nitrogens with one attached hydrogen (secondary N) is 1. The molecule has 2 aliphatic carbocycles. The summed E-state index contributed by atoms with van der Waals surface area (Å²) < 4.78 is 0. The van der Waals surface area contributed by atoms with Crippen LogP contribution in [-0.4, -0.2) is 24.9 Å². The highest BCUT2D eigenvalue weighted by Crippen LogP contribution is 2.49. The Bertz CT molecular complexity index is 526. The molecule has 2 aliphatic rings. The van der Waals surface area contributed by atoms with Crippen LogP contribution in [0.2, 0.25) is 0 Å². The minimum atomic E-state index is 0.234. The van der Waals surface area contributed by atoms with Gasteiger partial charge in [-0.2, -0.15) is 0 Å². The van der Waals surface area contributed by atoms with Gasteiger partial charge in [0, 0.05) is 19.5 Å². The van der Waals surface area contributed by atoms with Crippen LogP contribution in [0.3, 0.4) is 0 Å². The van der Waals surface area contributed by atoms with Crippen molar-refractivity contribution in [2.45, 2.75) is 45.2 Å². The maximum absolute atomic E-state index is 12.3. The Morgan fingerprint density at radius 3 is 2.59 bits per heavy atom. The van der Waals surface area contributed by atoms with E-state index in [4.69, 9.17) is 0 Å². The molecular weight excluding hydrogens is 272 g/mol. The lowest BCUT2D eigenvalue weighted by molar-refractivity contribution is -0.122. The molecule has 1 aromatic carbocycles. The van der Waals surface area contributed by atoms with Crippen molar-refractivity contribution >= 4 is 5.91 Å². The first-order valence-electron chi connectivity index (χ1n) is 8.60. The first-order chi connectivity index (χ1) is 10.6. The standard InChI is InChI=1S/C19H28N2O/c1-21(2)13-17-6-4-3-5-16(17)12-20-19(22)11-18-10-14-7-8-15(18)9-14/h3-6,14-15,18H,7-13H2,1-2H3,(H,20,22)/t14-,15-,18+/m0/s1. The number of fused-ring (bicyclic) bond motifs is 2. The predicted octanol–water partition coefficient (Wildman–Crippen LogP) is 3.19. The lowest BCUT2D eigenvalue weighted by Gasteiger charge is -2.21. The molecule has 0 heterocycles. The summed E-state index contributed by atoms with van der Waals surface area (Å²) in [6.07, 6.45) is 6.16. The fourth-order valence-electron chi connectivity index (χ4n) is 4.36. The van der Waals surface area contributed by atoms with Crippen molar-refractivity contribution in [3.63, 3.8) is 0 Å². The topological polar surface area (TPSA) is 32.3 Å². The summed E-state index contributed by atoms with van der Waals surface area (Å²) in [6.45, 7) is 1.57. The summed E-state index contributed by atoms with van der Waals surface area (Å²) in [4.78, 5) is 14.4. The highest BCUT2D eigenvalue weighted by atomic mass is 16.1. The minimum Gasteiger partial charge on any atom is -0.352 e. The van der Waals surface area contributed by atoms with Gasteiger partial charge in [-0.05, 0) is 62.2 Å². The van der Waals surface area contributed by atoms with Crippen LogP contribution in [0, 0.1) is 17.8 Å². The van der Waals surface area contributed by atoms with Crippen LogP contribution in [0.1, 0.15) is 43.2 Å². The van der Waals surface area contributed by atoms with Gasteiger partial charge in [-0.1, -0.05) is 30.7 Å². The van der Waals surface area contributed by atoms with Gasteiger partial charge in [-0.15, -0.1) is 0 Å². The molecule has 2 saturated carbocycles. The zero-order valence-electron chi connectivity index (χ0n) is 13.8. The zero-order chi connectivity index (χ0) is 15.5. The van der Waals surface area contributed by atoms with Crippen LogP contribution in [-0.2, 0) is 17.9 Å². The van der Waals surface area contributed by atoms with Gasteiger partial charge >= 0.3 is 0 Å². The van der Waals surface area contributed by atoms with Crippen LogP contribution >= 0.6 is 0 Å². The van der Waals surface area contributed by atoms with Gasteiger partial charge in [0.1, 0.15) is 0 Å². The van der Waals surface area contributed by atoms with E-state index in [-0.39, 0.29) is 5.91 Å². The van der Waals surface area contributed by atoms with E-state index in [1.165, 1.54) is 36.8 Å². The molecule has 1 aromatic rings. The third-order valence-corrected chi connectivity index (χ3v) is 5.41. The van der Waals surface area contributed by atoms with Crippen LogP contribution < -0.4 is 5.32 Å². The molecule has 0 spiro atoms. The lowest BCUT2D eigenvalue weighted by atomic mass is 9.86. The summed E-state index contributed by atoms with van der Waals surface area (Å²) >= 11 is 0. The maximum atomic E-state index is 12.3. The van der Waals surface area contributed by atoms with E-state index in [2.05, 4.69) is 48.6 Å². The summed E-state index contributed by atoms with van der Waals surface area (Å²) in [5.74, 6) is 2.63. The van der Waals surface area contributed by atoms with Crippen molar-refractivity contribution < 1.29 is 4.79 Å². The number of rotatable bonds is 6. The Kier molecular flexibility index (Phi) is 4.82. The summed E-state index contributed by atoms with van der Waals surface area (Å²) in [6, 6.07) is 8.39. The molecule has 0 unspecified atom stereocenters. The van der Waals surface area contributed by atoms with Crippen molar-refractivity contribution in [1.29, 1.82) is 0 Å². The molecule has 3 rings (SSSR count). The molecule has 2 fully saturated rings. The molecule has 3 nitrogen and oxygen atoms in total. The Morgan fingerprint density at radius 2 is 1.95 bits per heavy atom. The summed E-state index contributed by atoms with van der Waals surface area (Å²) in [5, 5.41) is 3.14. The number of carbonyl (C=O) groups is 1. The van der Waals surface area contributed by atoms with E-state index in [0.29, 0.717) is 12.5 Å². The van der Waals surface area contributed by atoms with Gasteiger partial charge < -0.3 is 10.2 Å². The lowest BCUT2D eigenvalue weighted by Crippen LogP contribution is -2.27. The fraction of sp³-hybridized carbons (Fsp3) is 0.632. The van der Waals surface area contributed by atoms with E-state index in [1.807, 2.05) is 0 Å². The third kappa shape index (κ3) is 3.70. The molecule has 22 heavy (non-hydrogen) atoms. The van der Waals surface area contributed by atoms with E-state index in [9.17, 15) is 4.79 Å². The normalized spacial score (nSPS) is 26.6. The highest BCUT2D eigenvalue weighted by Gasteiger charge is 2.39. The fourth-order valence-corrected chi connectivity index (χ4v) is 4.36. The van der Waals surface area contributed by atoms with Gasteiger partial charge in [0.05, 0.1) is 0 Å². The van der Waals surface area contributed by atoms with Gasteiger partial charge in [0.2, 0.25) is 5.91 Å². The molecule has 0 aliphatic heterocycles. The molecule has 0 radical (unpaired) electrons. The number of hydrogen-bond donors (Lipinski definition) is 1. The quantitative estimate of drug-likeness (QED) is 0.875. The van der Waals surface area contributed by atoms with E-state index >= 15 is 0 Å². The SMILES string of the molecule is CN(C)Cc1ccccc1CNC(=O)C[C@H]1C[C@H]2CC[C@H]1C2. The number of amides is 1. The third-order valence-electron chi connectivity index (χ3n) is 5.41. The van der Waals surface area contributed by atoms with Crippen LogP contribution in [0.4, 0.5) is 0 Å². The maximum Gasteiger partial charge on any atom is 0.220 e. The number of benzene rings is 1. The predicted molar refractivity (Wildman–Crippen MR) is 89.2 cm³/mol. The molecule has 120 valence electrons. The van der Waals surface area contributed by atoms with Crippen molar-refractivity contribution in [3.8, 4) is 0 Å². The smallest absolute Gasteiger partial charge is 0.220 e. The summed E-state index contributed by atoms with van der Waals surface area (Å²) in [7, 11) is 4.15. The van der Waals surface area contributed by atoms with Gasteiger partial charge in [0.15, 0.2) is 0 Å². The van der Waals surface area contributed by atoms with Crippen LogP contribution in [0.15, 0.2) is 24.3 Å². The Balaban J connectivity index is 1.51. The largest absolute Gasteiger partial charge is 0.352 e. The van der Waals surface area contributed by atoms with Crippen LogP contribution in [0.5, 0.6) is 0 Å². The molecular formula is C19H28N2O. The number of carbonyl (C=O) groups excluding carboxylic acids is 1. The zero-order valence-corrected chi connectivity index (χ0v) is 13.8. The minimum absolute atomic E-state index is 0.234. The molecule has 0 aromatic heterocycles. The number of hydrogen-bond acceptors (Lipinski definition) is 2. The molecule has 2 bridgehead atoms. The van der Waals surface area contributed by atoms with Crippen LogP contribution in [0.25, 0.3) is 0 Å². The second-order valence-electron chi connectivity index (χ2n) is 7.42. The Morgan fingerprint density at radius 1 is 1.18 bits per heavy atom. The molecule has 1 amide bonds. The average molecular weight is 300 g/mol. The molecule has 3 heteroatoms. The Labute approximate surface area is 134 Å². The van der Waals surface area contributed by atoms with E-state index < -0.39 is 0 Å². The molecule has 3 atom stereocenters. The van der Waals surface area contributed by atoms with E-state index in [1.54, 1.807) is 0 Å².